The number of nitrogens with one attached hydrogen (secondary N) is 1. The summed E-state index contributed by atoms with van der Waals surface area (Å²) in [5, 5.41) is 12.4. The molecule has 100 valence electrons. The lowest BCUT2D eigenvalue weighted by Crippen LogP contribution is -2.19. The van der Waals surface area contributed by atoms with Gasteiger partial charge in [-0.2, -0.15) is 0 Å². The van der Waals surface area contributed by atoms with Crippen LogP contribution in [-0.4, -0.2) is 11.1 Å². The average molecular weight is 324 g/mol. The van der Waals surface area contributed by atoms with Gasteiger partial charge in [0, 0.05) is 10.5 Å². The van der Waals surface area contributed by atoms with Crippen molar-refractivity contribution in [2.24, 2.45) is 0 Å². The first-order valence-electron chi connectivity index (χ1n) is 6.04. The Hall–Kier alpha value is -1.55. The number of para-hydroxylation sites is 1. The first-order valence-corrected chi connectivity index (χ1v) is 6.84. The Labute approximate surface area is 120 Å². The van der Waals surface area contributed by atoms with Crippen molar-refractivity contribution in [1.82, 2.24) is 0 Å². The van der Waals surface area contributed by atoms with E-state index in [9.17, 15) is 9.50 Å². The number of anilines is 1. The Morgan fingerprint density at radius 1 is 1.21 bits per heavy atom. The van der Waals surface area contributed by atoms with Gasteiger partial charge < -0.3 is 10.4 Å². The highest BCUT2D eigenvalue weighted by Crippen LogP contribution is 2.26. The molecule has 0 aliphatic rings. The zero-order valence-corrected chi connectivity index (χ0v) is 12.1. The smallest absolute Gasteiger partial charge is 0.147 e. The van der Waals surface area contributed by atoms with Gasteiger partial charge in [0.1, 0.15) is 11.6 Å². The van der Waals surface area contributed by atoms with Crippen molar-refractivity contribution in [3.05, 3.63) is 58.3 Å². The summed E-state index contributed by atoms with van der Waals surface area (Å²) in [6.07, 6.45) is 0.751. The molecule has 0 aliphatic carbocycles. The first-order chi connectivity index (χ1) is 9.06. The fourth-order valence-corrected chi connectivity index (χ4v) is 2.38. The molecule has 2 aromatic carbocycles. The number of hydrogen-bond acceptors (Lipinski definition) is 2. The van der Waals surface area contributed by atoms with Crippen LogP contribution in [-0.2, 0) is 6.42 Å². The van der Waals surface area contributed by atoms with E-state index >= 15 is 0 Å². The van der Waals surface area contributed by atoms with Gasteiger partial charge in [0.25, 0.3) is 0 Å². The third-order valence-electron chi connectivity index (χ3n) is 2.83. The van der Waals surface area contributed by atoms with E-state index in [-0.39, 0.29) is 17.6 Å². The number of halogens is 2. The molecule has 1 unspecified atom stereocenters. The zero-order chi connectivity index (χ0) is 13.8. The fraction of sp³-hybridized carbons (Fsp3) is 0.200. The monoisotopic (exact) mass is 323 g/mol. The van der Waals surface area contributed by atoms with Gasteiger partial charge in [-0.25, -0.2) is 4.39 Å². The highest BCUT2D eigenvalue weighted by Gasteiger charge is 2.10. The third kappa shape index (κ3) is 3.70. The Balaban J connectivity index is 2.05. The lowest BCUT2D eigenvalue weighted by atomic mass is 10.1. The van der Waals surface area contributed by atoms with E-state index in [0.29, 0.717) is 10.2 Å². The Morgan fingerprint density at radius 2 is 1.89 bits per heavy atom. The quantitative estimate of drug-likeness (QED) is 0.877. The van der Waals surface area contributed by atoms with Crippen LogP contribution in [0.4, 0.5) is 10.1 Å². The summed E-state index contributed by atoms with van der Waals surface area (Å²) in [7, 11) is 0. The largest absolute Gasteiger partial charge is 0.508 e. The summed E-state index contributed by atoms with van der Waals surface area (Å²) >= 11 is 3.34. The van der Waals surface area contributed by atoms with E-state index in [1.54, 1.807) is 24.3 Å². The second kappa shape index (κ2) is 6.06. The van der Waals surface area contributed by atoms with Crippen molar-refractivity contribution in [3.8, 4) is 5.75 Å². The molecule has 19 heavy (non-hydrogen) atoms. The van der Waals surface area contributed by atoms with E-state index in [0.717, 1.165) is 12.0 Å². The van der Waals surface area contributed by atoms with Gasteiger partial charge in [-0.15, -0.1) is 0 Å². The van der Waals surface area contributed by atoms with Crippen molar-refractivity contribution in [2.75, 3.05) is 5.32 Å². The van der Waals surface area contributed by atoms with Gasteiger partial charge in [0.05, 0.1) is 5.69 Å². The molecule has 0 radical (unpaired) electrons. The maximum absolute atomic E-state index is 13.7. The Kier molecular flexibility index (Phi) is 4.43. The van der Waals surface area contributed by atoms with Crippen LogP contribution in [0, 0.1) is 5.82 Å². The minimum Gasteiger partial charge on any atom is -0.508 e. The van der Waals surface area contributed by atoms with Gasteiger partial charge in [0.15, 0.2) is 0 Å². The van der Waals surface area contributed by atoms with Crippen molar-refractivity contribution >= 4 is 21.6 Å². The van der Waals surface area contributed by atoms with Gasteiger partial charge >= 0.3 is 0 Å². The van der Waals surface area contributed by atoms with Crippen LogP contribution in [0.5, 0.6) is 5.75 Å². The molecule has 0 aromatic heterocycles. The van der Waals surface area contributed by atoms with Crippen molar-refractivity contribution in [2.45, 2.75) is 19.4 Å². The first kappa shape index (κ1) is 13.9. The highest BCUT2D eigenvalue weighted by atomic mass is 79.9. The third-order valence-corrected chi connectivity index (χ3v) is 3.49. The van der Waals surface area contributed by atoms with E-state index < -0.39 is 0 Å². The van der Waals surface area contributed by atoms with E-state index in [4.69, 9.17) is 0 Å². The predicted octanol–water partition coefficient (Wildman–Crippen LogP) is 4.34. The Morgan fingerprint density at radius 3 is 2.53 bits per heavy atom. The zero-order valence-electron chi connectivity index (χ0n) is 10.5. The van der Waals surface area contributed by atoms with E-state index in [1.165, 1.54) is 6.07 Å². The van der Waals surface area contributed by atoms with Gasteiger partial charge in [-0.3, -0.25) is 0 Å². The number of aromatic hydroxyl groups is 1. The molecule has 2 nitrogen and oxygen atoms in total. The minimum absolute atomic E-state index is 0.0812. The summed E-state index contributed by atoms with van der Waals surface area (Å²) < 4.78 is 14.4. The predicted molar refractivity (Wildman–Crippen MR) is 79.0 cm³/mol. The van der Waals surface area contributed by atoms with Crippen LogP contribution in [0.3, 0.4) is 0 Å². The molecular formula is C15H15BrFNO. The average Bonchev–Trinajstić information content (AvgIpc) is 2.37. The molecule has 0 aliphatic heterocycles. The van der Waals surface area contributed by atoms with Gasteiger partial charge in [0.2, 0.25) is 0 Å². The summed E-state index contributed by atoms with van der Waals surface area (Å²) in [5.41, 5.74) is 1.57. The molecule has 2 rings (SSSR count). The second-order valence-electron chi connectivity index (χ2n) is 4.51. The minimum atomic E-state index is -0.271. The standard InChI is InChI=1S/C15H15BrFNO/c1-10(9-11-5-7-12(19)8-6-11)18-15-13(16)3-2-4-14(15)17/h2-8,10,18-19H,9H2,1H3. The fourth-order valence-electron chi connectivity index (χ4n) is 1.92. The molecule has 0 fully saturated rings. The van der Waals surface area contributed by atoms with Crippen LogP contribution >= 0.6 is 15.9 Å². The SMILES string of the molecule is CC(Cc1ccc(O)cc1)Nc1c(F)cccc1Br. The van der Waals surface area contributed by atoms with Gasteiger partial charge in [-0.05, 0) is 59.1 Å². The maximum Gasteiger partial charge on any atom is 0.147 e. The summed E-state index contributed by atoms with van der Waals surface area (Å²) in [4.78, 5) is 0. The molecule has 4 heteroatoms. The Bertz CT molecular complexity index is 536. The molecule has 0 amide bonds. The maximum atomic E-state index is 13.7. The molecule has 0 saturated heterocycles. The molecule has 1 atom stereocenters. The van der Waals surface area contributed by atoms with Crippen LogP contribution in [0.2, 0.25) is 0 Å². The summed E-state index contributed by atoms with van der Waals surface area (Å²) in [6.45, 7) is 1.99. The van der Waals surface area contributed by atoms with Crippen LogP contribution in [0.25, 0.3) is 0 Å². The van der Waals surface area contributed by atoms with Crippen molar-refractivity contribution in [1.29, 1.82) is 0 Å². The molecule has 0 heterocycles. The summed E-state index contributed by atoms with van der Waals surface area (Å²) in [6, 6.07) is 12.0. The van der Waals surface area contributed by atoms with Crippen molar-refractivity contribution in [3.63, 3.8) is 0 Å². The van der Waals surface area contributed by atoms with Crippen LogP contribution in [0.1, 0.15) is 12.5 Å². The van der Waals surface area contributed by atoms with E-state index in [1.807, 2.05) is 19.1 Å². The highest BCUT2D eigenvalue weighted by molar-refractivity contribution is 9.10. The molecule has 0 bridgehead atoms. The molecule has 0 spiro atoms. The van der Waals surface area contributed by atoms with E-state index in [2.05, 4.69) is 21.2 Å². The molecule has 0 saturated carbocycles. The van der Waals surface area contributed by atoms with Gasteiger partial charge in [-0.1, -0.05) is 18.2 Å². The second-order valence-corrected chi connectivity index (χ2v) is 5.37. The molecular weight excluding hydrogens is 309 g/mol. The molecule has 2 aromatic rings. The molecule has 2 N–H and O–H groups in total. The number of benzene rings is 2. The van der Waals surface area contributed by atoms with Crippen molar-refractivity contribution < 1.29 is 9.50 Å². The van der Waals surface area contributed by atoms with Crippen LogP contribution < -0.4 is 5.32 Å². The lowest BCUT2D eigenvalue weighted by Gasteiger charge is -2.17. The number of phenols is 1. The number of hydrogen-bond donors (Lipinski definition) is 2. The summed E-state index contributed by atoms with van der Waals surface area (Å²) in [5.74, 6) is -0.0202. The number of rotatable bonds is 4. The van der Waals surface area contributed by atoms with Crippen LogP contribution in [0.15, 0.2) is 46.9 Å². The number of phenolic OH excluding ortho intramolecular Hbond substituents is 1. The topological polar surface area (TPSA) is 32.3 Å². The lowest BCUT2D eigenvalue weighted by molar-refractivity contribution is 0.475. The normalized spacial score (nSPS) is 12.2.